The number of aryl methyl sites for hydroxylation is 1. The van der Waals surface area contributed by atoms with Gasteiger partial charge in [0.15, 0.2) is 0 Å². The molecule has 2 N–H and O–H groups in total. The van der Waals surface area contributed by atoms with Crippen LogP contribution in [-0.2, 0) is 21.6 Å². The van der Waals surface area contributed by atoms with Crippen molar-refractivity contribution < 1.29 is 31.4 Å². The Morgan fingerprint density at radius 1 is 1.38 bits per heavy atom. The Morgan fingerprint density at radius 2 is 1.92 bits per heavy atom. The van der Waals surface area contributed by atoms with Gasteiger partial charge in [0.25, 0.3) is 0 Å². The van der Waals surface area contributed by atoms with Crippen molar-refractivity contribution in [3.8, 4) is 0 Å². The van der Waals surface area contributed by atoms with Crippen molar-refractivity contribution in [2.45, 2.75) is 6.92 Å². The van der Waals surface area contributed by atoms with Gasteiger partial charge in [-0.3, -0.25) is 4.57 Å². The van der Waals surface area contributed by atoms with E-state index in [0.29, 0.717) is 0 Å². The Hall–Kier alpha value is 0.179. The molecule has 0 amide bonds. The Balaban J connectivity index is 0.00000144. The van der Waals surface area contributed by atoms with E-state index in [9.17, 15) is 4.57 Å². The van der Waals surface area contributed by atoms with Crippen molar-refractivity contribution in [1.29, 1.82) is 0 Å². The first-order valence-electron chi connectivity index (χ1n) is 3.23. The zero-order valence-corrected chi connectivity index (χ0v) is 9.25. The summed E-state index contributed by atoms with van der Waals surface area (Å²) in [5.41, 5.74) is 0.776. The number of benzene rings is 1. The Kier molecular flexibility index (Phi) is 4.67. The van der Waals surface area contributed by atoms with Crippen molar-refractivity contribution in [1.82, 2.24) is 0 Å². The summed E-state index contributed by atoms with van der Waals surface area (Å²) < 4.78 is 10.8. The van der Waals surface area contributed by atoms with E-state index in [2.05, 4.69) is 0 Å². The van der Waals surface area contributed by atoms with Crippen LogP contribution in [0, 0.1) is 6.92 Å². The first-order valence-corrected chi connectivity index (χ1v) is 5.22. The van der Waals surface area contributed by atoms with E-state index in [4.69, 9.17) is 21.4 Å². The maximum atomic E-state index is 10.8. The van der Waals surface area contributed by atoms with E-state index < -0.39 is 7.60 Å². The smallest absolute Gasteiger partial charge is 0.321 e. The van der Waals surface area contributed by atoms with Crippen LogP contribution in [0.1, 0.15) is 5.56 Å². The van der Waals surface area contributed by atoms with Gasteiger partial charge in [-0.05, 0) is 19.1 Å². The molecule has 6 heteroatoms. The first kappa shape index (κ1) is 13.2. The zero-order chi connectivity index (χ0) is 9.35. The summed E-state index contributed by atoms with van der Waals surface area (Å²) in [6.07, 6.45) is 0. The van der Waals surface area contributed by atoms with Crippen LogP contribution >= 0.6 is 19.2 Å². The predicted molar refractivity (Wildman–Crippen MR) is 47.9 cm³/mol. The van der Waals surface area contributed by atoms with Crippen LogP contribution in [0.4, 0.5) is 0 Å². The molecule has 3 nitrogen and oxygen atoms in total. The fraction of sp³-hybridized carbons (Fsp3) is 0.143. The topological polar surface area (TPSA) is 57.5 Å². The second-order valence-electron chi connectivity index (χ2n) is 2.50. The van der Waals surface area contributed by atoms with Crippen molar-refractivity contribution >= 4 is 24.5 Å². The number of rotatable bonds is 1. The van der Waals surface area contributed by atoms with Gasteiger partial charge in [-0.2, -0.15) is 0 Å². The average molecular weight is 270 g/mol. The summed E-state index contributed by atoms with van der Waals surface area (Å²) in [6, 6.07) is 4.57. The summed E-state index contributed by atoms with van der Waals surface area (Å²) in [5.74, 6) is 0. The van der Waals surface area contributed by atoms with Gasteiger partial charge in [0.05, 0.1) is 10.3 Å². The van der Waals surface area contributed by atoms with Gasteiger partial charge >= 0.3 is 7.60 Å². The molecule has 0 aromatic heterocycles. The van der Waals surface area contributed by atoms with Gasteiger partial charge in [0, 0.05) is 17.1 Å². The monoisotopic (exact) mass is 269 g/mol. The van der Waals surface area contributed by atoms with Crippen LogP contribution in [0.3, 0.4) is 0 Å². The molecule has 0 saturated heterocycles. The Bertz CT molecular complexity index is 350. The third kappa shape index (κ3) is 3.43. The summed E-state index contributed by atoms with van der Waals surface area (Å²) in [4.78, 5) is 17.6. The van der Waals surface area contributed by atoms with E-state index in [0.717, 1.165) is 5.56 Å². The van der Waals surface area contributed by atoms with Gasteiger partial charge in [0.1, 0.15) is 0 Å². The van der Waals surface area contributed by atoms with Crippen LogP contribution in [-0.4, -0.2) is 9.79 Å². The van der Waals surface area contributed by atoms with Crippen molar-refractivity contribution in [3.05, 3.63) is 28.8 Å². The molecule has 1 aromatic rings. The third-order valence-electron chi connectivity index (χ3n) is 1.42. The molecule has 1 rings (SSSR count). The van der Waals surface area contributed by atoms with E-state index in [-0.39, 0.29) is 27.4 Å². The van der Waals surface area contributed by atoms with Crippen molar-refractivity contribution in [3.63, 3.8) is 0 Å². The van der Waals surface area contributed by atoms with Gasteiger partial charge in [0.2, 0.25) is 0 Å². The van der Waals surface area contributed by atoms with Gasteiger partial charge < -0.3 is 9.79 Å². The maximum absolute atomic E-state index is 10.8. The summed E-state index contributed by atoms with van der Waals surface area (Å²) in [6.45, 7) is 1.75. The fourth-order valence-corrected chi connectivity index (χ4v) is 2.02. The molecular weight excluding hydrogens is 262 g/mol. The fourth-order valence-electron chi connectivity index (χ4n) is 0.846. The van der Waals surface area contributed by atoms with Gasteiger partial charge in [-0.15, -0.1) is 0 Å². The maximum Gasteiger partial charge on any atom is 0.357 e. The minimum atomic E-state index is -4.21. The first-order chi connectivity index (χ1) is 5.41. The summed E-state index contributed by atoms with van der Waals surface area (Å²) in [7, 11) is -4.21. The minimum absolute atomic E-state index is 0. The third-order valence-corrected chi connectivity index (χ3v) is 2.87. The molecule has 0 unspecified atom stereocenters. The second kappa shape index (κ2) is 4.61. The molecule has 0 bridgehead atoms. The molecule has 0 spiro atoms. The molecule has 1 radical (unpaired) electrons. The van der Waals surface area contributed by atoms with E-state index in [1.807, 2.05) is 0 Å². The standard InChI is InChI=1S/C7H8ClO3P.Cu/c1-5-2-3-6(8)7(4-5)12(9,10)11;/h2-4H,1H3,(H2,9,10,11);. The number of hydrogen-bond donors (Lipinski definition) is 2. The largest absolute Gasteiger partial charge is 0.357 e. The Morgan fingerprint density at radius 3 is 2.31 bits per heavy atom. The molecule has 0 aliphatic carbocycles. The van der Waals surface area contributed by atoms with Crippen LogP contribution in [0.5, 0.6) is 0 Å². The molecule has 0 aliphatic rings. The average Bonchev–Trinajstić information content (AvgIpc) is 1.92. The van der Waals surface area contributed by atoms with Crippen LogP contribution in [0.15, 0.2) is 18.2 Å². The van der Waals surface area contributed by atoms with Gasteiger partial charge in [-0.25, -0.2) is 0 Å². The molecular formula is C7H8ClCuO3P. The second-order valence-corrected chi connectivity index (χ2v) is 4.48. The normalized spacial score (nSPS) is 10.8. The number of hydrogen-bond acceptors (Lipinski definition) is 1. The minimum Gasteiger partial charge on any atom is -0.321 e. The molecule has 0 saturated carbocycles. The molecule has 0 heterocycles. The molecule has 0 atom stereocenters. The van der Waals surface area contributed by atoms with Gasteiger partial charge in [-0.1, -0.05) is 23.2 Å². The zero-order valence-electron chi connectivity index (χ0n) is 6.66. The molecule has 0 aliphatic heterocycles. The molecule has 1 aromatic carbocycles. The van der Waals surface area contributed by atoms with E-state index >= 15 is 0 Å². The van der Waals surface area contributed by atoms with Crippen LogP contribution < -0.4 is 5.30 Å². The number of halogens is 1. The molecule has 13 heavy (non-hydrogen) atoms. The summed E-state index contributed by atoms with van der Waals surface area (Å²) >= 11 is 5.59. The molecule has 77 valence electrons. The summed E-state index contributed by atoms with van der Waals surface area (Å²) in [5, 5.41) is -0.00176. The van der Waals surface area contributed by atoms with E-state index in [1.165, 1.54) is 12.1 Å². The van der Waals surface area contributed by atoms with Crippen LogP contribution in [0.2, 0.25) is 5.02 Å². The predicted octanol–water partition coefficient (Wildman–Crippen LogP) is 1.45. The van der Waals surface area contributed by atoms with Crippen molar-refractivity contribution in [2.24, 2.45) is 0 Å². The Labute approximate surface area is 91.7 Å². The van der Waals surface area contributed by atoms with Crippen LogP contribution in [0.25, 0.3) is 0 Å². The molecule has 0 fully saturated rings. The SMILES string of the molecule is Cc1ccc(Cl)c(P(=O)(O)O)c1.[Cu]. The van der Waals surface area contributed by atoms with E-state index in [1.54, 1.807) is 13.0 Å². The van der Waals surface area contributed by atoms with Crippen molar-refractivity contribution in [2.75, 3.05) is 0 Å². The quantitative estimate of drug-likeness (QED) is 0.600.